The molecule has 16 heteroatoms. The van der Waals surface area contributed by atoms with Gasteiger partial charge in [-0.05, 0) is 79.0 Å². The van der Waals surface area contributed by atoms with Gasteiger partial charge in [-0.2, -0.15) is 14.9 Å². The number of imidazole rings is 1. The monoisotopic (exact) mass is 719 g/mol. The summed E-state index contributed by atoms with van der Waals surface area (Å²) in [5.41, 5.74) is -3.07. The average molecular weight is 720 g/mol. The summed E-state index contributed by atoms with van der Waals surface area (Å²) in [5, 5.41) is -0.271. The Bertz CT molecular complexity index is 1590. The first-order chi connectivity index (χ1) is 23.4. The molecule has 1 aromatic carbocycles. The van der Waals surface area contributed by atoms with Crippen LogP contribution < -0.4 is 4.90 Å². The van der Waals surface area contributed by atoms with Crippen LogP contribution in [0, 0.1) is 0 Å². The van der Waals surface area contributed by atoms with Crippen molar-refractivity contribution in [1.29, 1.82) is 0 Å². The number of carbonyl (C=O) groups is 4. The van der Waals surface area contributed by atoms with Crippen LogP contribution >= 0.6 is 11.6 Å². The Hall–Kier alpha value is -4.34. The van der Waals surface area contributed by atoms with Gasteiger partial charge in [-0.1, -0.05) is 30.3 Å². The Morgan fingerprint density at radius 1 is 0.880 bits per heavy atom. The van der Waals surface area contributed by atoms with Crippen molar-refractivity contribution in [3.8, 4) is 0 Å². The van der Waals surface area contributed by atoms with E-state index in [1.54, 1.807) is 84.2 Å². The highest BCUT2D eigenvalue weighted by Crippen LogP contribution is 2.29. The van der Waals surface area contributed by atoms with E-state index in [4.69, 9.17) is 40.0 Å². The summed E-state index contributed by atoms with van der Waals surface area (Å²) in [6.07, 6.45) is -1.16. The summed E-state index contributed by atoms with van der Waals surface area (Å²) in [5.74, 6) is -1.99. The number of fused-ring (bicyclic) bond motifs is 1. The fraction of sp³-hybridized carbons (Fsp3) is 0.559. The number of halogens is 1. The number of ether oxygens (including phenoxy) is 6. The van der Waals surface area contributed by atoms with E-state index in [9.17, 15) is 19.2 Å². The Kier molecular flexibility index (Phi) is 13.7. The maximum Gasteiger partial charge on any atom is 0.425 e. The standard InChI is InChI=1S/C34H46ClN5O10/c1-10-46-27(41)34(28(42)47-11-2,19-22-15-13-12-14-16-22)48-20-23(45-9)17-18-39-21-36-24-25(39)37-29(35)38-26(24)40(30(43)49-32(3,4)5)31(44)50-33(6,7)8/h12-16,21,23H,10-11,17-20H2,1-9H3. The largest absolute Gasteiger partial charge is 0.463 e. The van der Waals surface area contributed by atoms with E-state index in [0.717, 1.165) is 0 Å². The number of rotatable bonds is 14. The summed E-state index contributed by atoms with van der Waals surface area (Å²) in [7, 11) is 1.46. The van der Waals surface area contributed by atoms with E-state index in [1.165, 1.54) is 13.4 Å². The molecule has 0 aliphatic carbocycles. The summed E-state index contributed by atoms with van der Waals surface area (Å²) >= 11 is 6.31. The van der Waals surface area contributed by atoms with Gasteiger partial charge in [0.2, 0.25) is 5.28 Å². The minimum Gasteiger partial charge on any atom is -0.463 e. The van der Waals surface area contributed by atoms with E-state index in [-0.39, 0.29) is 61.5 Å². The second-order valence-electron chi connectivity index (χ2n) is 13.1. The summed E-state index contributed by atoms with van der Waals surface area (Å²) in [6, 6.07) is 8.91. The minimum atomic E-state index is -2.09. The quantitative estimate of drug-likeness (QED) is 0.0863. The highest BCUT2D eigenvalue weighted by molar-refractivity contribution is 6.29. The number of methoxy groups -OCH3 is 1. The van der Waals surface area contributed by atoms with Crippen molar-refractivity contribution >= 4 is 52.7 Å². The van der Waals surface area contributed by atoms with Gasteiger partial charge >= 0.3 is 24.1 Å². The van der Waals surface area contributed by atoms with E-state index in [0.29, 0.717) is 10.5 Å². The van der Waals surface area contributed by atoms with Gasteiger partial charge in [0.05, 0.1) is 32.3 Å². The number of hydrogen-bond acceptors (Lipinski definition) is 13. The number of amides is 2. The SMILES string of the molecule is CCOC(=O)C(Cc1ccccc1)(OCC(CCn1cnc2c(N(C(=O)OC(C)(C)C)C(=O)OC(C)(C)C)nc(Cl)nc21)OC)C(=O)OCC. The van der Waals surface area contributed by atoms with Crippen LogP contribution in [0.4, 0.5) is 15.4 Å². The molecular formula is C34H46ClN5O10. The Morgan fingerprint density at radius 2 is 1.44 bits per heavy atom. The second kappa shape index (κ2) is 17.1. The third-order valence-electron chi connectivity index (χ3n) is 6.83. The maximum absolute atomic E-state index is 13.3. The molecule has 0 saturated heterocycles. The minimum absolute atomic E-state index is 0.0191. The number of esters is 2. The molecule has 3 aromatic rings. The lowest BCUT2D eigenvalue weighted by Gasteiger charge is -2.31. The topological polar surface area (TPSA) is 170 Å². The third kappa shape index (κ3) is 10.6. The number of benzene rings is 1. The molecule has 2 aromatic heterocycles. The number of aromatic nitrogens is 4. The molecule has 2 amide bonds. The van der Waals surface area contributed by atoms with Crippen LogP contribution in [0.1, 0.15) is 67.4 Å². The predicted octanol–water partition coefficient (Wildman–Crippen LogP) is 5.69. The number of imide groups is 1. The zero-order chi connectivity index (χ0) is 37.3. The first-order valence-electron chi connectivity index (χ1n) is 16.1. The molecule has 0 saturated carbocycles. The fourth-order valence-corrected chi connectivity index (χ4v) is 4.81. The number of carbonyl (C=O) groups excluding carboxylic acids is 4. The molecule has 2 heterocycles. The first-order valence-corrected chi connectivity index (χ1v) is 16.5. The molecule has 0 spiro atoms. The molecule has 274 valence electrons. The Balaban J connectivity index is 1.93. The summed E-state index contributed by atoms with van der Waals surface area (Å²) in [6.45, 7) is 13.2. The highest BCUT2D eigenvalue weighted by Gasteiger charge is 2.51. The number of aryl methyl sites for hydroxylation is 1. The van der Waals surface area contributed by atoms with Crippen LogP contribution in [0.15, 0.2) is 36.7 Å². The molecule has 0 radical (unpaired) electrons. The van der Waals surface area contributed by atoms with Crippen LogP contribution in [0.25, 0.3) is 11.2 Å². The van der Waals surface area contributed by atoms with E-state index >= 15 is 0 Å². The van der Waals surface area contributed by atoms with Crippen molar-refractivity contribution in [3.63, 3.8) is 0 Å². The van der Waals surface area contributed by atoms with Crippen LogP contribution in [-0.4, -0.2) is 93.5 Å². The van der Waals surface area contributed by atoms with Gasteiger partial charge in [-0.25, -0.2) is 24.2 Å². The molecule has 1 unspecified atom stereocenters. The Labute approximate surface area is 296 Å². The molecular weight excluding hydrogens is 674 g/mol. The third-order valence-corrected chi connectivity index (χ3v) is 7.00. The van der Waals surface area contributed by atoms with Crippen LogP contribution in [0.3, 0.4) is 0 Å². The molecule has 0 aliphatic heterocycles. The number of hydrogen-bond donors (Lipinski definition) is 0. The first kappa shape index (κ1) is 40.1. The van der Waals surface area contributed by atoms with Gasteiger partial charge in [0.1, 0.15) is 11.2 Å². The molecule has 1 atom stereocenters. The molecule has 0 bridgehead atoms. The van der Waals surface area contributed by atoms with E-state index in [1.807, 2.05) is 6.07 Å². The van der Waals surface area contributed by atoms with Gasteiger partial charge in [0.15, 0.2) is 17.0 Å². The van der Waals surface area contributed by atoms with E-state index < -0.39 is 47.0 Å². The Morgan fingerprint density at radius 3 is 1.94 bits per heavy atom. The fourth-order valence-electron chi connectivity index (χ4n) is 4.65. The number of anilines is 1. The van der Waals surface area contributed by atoms with Crippen molar-refractivity contribution in [1.82, 2.24) is 19.5 Å². The lowest BCUT2D eigenvalue weighted by molar-refractivity contribution is -0.194. The lowest BCUT2D eigenvalue weighted by Crippen LogP contribution is -2.54. The second-order valence-corrected chi connectivity index (χ2v) is 13.4. The zero-order valence-corrected chi connectivity index (χ0v) is 30.7. The van der Waals surface area contributed by atoms with Crippen molar-refractivity contribution in [3.05, 3.63) is 47.5 Å². The van der Waals surface area contributed by atoms with E-state index in [2.05, 4.69) is 15.0 Å². The molecule has 50 heavy (non-hydrogen) atoms. The van der Waals surface area contributed by atoms with Crippen LogP contribution in [-0.2, 0) is 51.0 Å². The van der Waals surface area contributed by atoms with Gasteiger partial charge in [-0.3, -0.25) is 0 Å². The maximum atomic E-state index is 13.3. The van der Waals surface area contributed by atoms with Crippen molar-refractivity contribution in [2.75, 3.05) is 31.8 Å². The van der Waals surface area contributed by atoms with Crippen molar-refractivity contribution in [2.45, 2.75) is 97.7 Å². The smallest absolute Gasteiger partial charge is 0.425 e. The van der Waals surface area contributed by atoms with Crippen molar-refractivity contribution < 1.29 is 47.6 Å². The van der Waals surface area contributed by atoms with Gasteiger partial charge in [-0.15, -0.1) is 0 Å². The zero-order valence-electron chi connectivity index (χ0n) is 30.0. The molecule has 0 fully saturated rings. The molecule has 15 nitrogen and oxygen atoms in total. The highest BCUT2D eigenvalue weighted by atomic mass is 35.5. The predicted molar refractivity (Wildman–Crippen MR) is 183 cm³/mol. The van der Waals surface area contributed by atoms with Gasteiger partial charge < -0.3 is 33.0 Å². The summed E-state index contributed by atoms with van der Waals surface area (Å²) < 4.78 is 35.0. The number of nitrogens with zero attached hydrogens (tertiary/aromatic N) is 5. The normalized spacial score (nSPS) is 12.7. The summed E-state index contributed by atoms with van der Waals surface area (Å²) in [4.78, 5) is 66.8. The van der Waals surface area contributed by atoms with Crippen molar-refractivity contribution in [2.24, 2.45) is 0 Å². The lowest BCUT2D eigenvalue weighted by atomic mass is 9.94. The molecule has 3 rings (SSSR count). The molecule has 0 aliphatic rings. The molecule has 0 N–H and O–H groups in total. The van der Waals surface area contributed by atoms with Gasteiger partial charge in [0.25, 0.3) is 5.60 Å². The average Bonchev–Trinajstić information content (AvgIpc) is 3.42. The van der Waals surface area contributed by atoms with Gasteiger partial charge in [0, 0.05) is 20.1 Å². The van der Waals surface area contributed by atoms with Crippen LogP contribution in [0.5, 0.6) is 0 Å². The van der Waals surface area contributed by atoms with Crippen LogP contribution in [0.2, 0.25) is 5.28 Å².